The van der Waals surface area contributed by atoms with Gasteiger partial charge in [0, 0.05) is 19.1 Å². The maximum Gasteiger partial charge on any atom is 0.410 e. The molecule has 1 aliphatic heterocycles. The number of amides is 1. The number of ether oxygens (including phenoxy) is 1. The maximum atomic E-state index is 11.7. The Balaban J connectivity index is 2.18. The quantitative estimate of drug-likeness (QED) is 0.753. The van der Waals surface area contributed by atoms with E-state index in [0.717, 1.165) is 32.5 Å². The van der Waals surface area contributed by atoms with Crippen LogP contribution in [0.15, 0.2) is 0 Å². The van der Waals surface area contributed by atoms with Crippen molar-refractivity contribution in [2.75, 3.05) is 19.6 Å². The second kappa shape index (κ2) is 7.54. The third-order valence-corrected chi connectivity index (χ3v) is 3.05. The molecule has 4 heteroatoms. The lowest BCUT2D eigenvalue weighted by Gasteiger charge is -2.32. The van der Waals surface area contributed by atoms with Crippen LogP contribution in [0.1, 0.15) is 46.5 Å². The molecule has 0 aromatic carbocycles. The fourth-order valence-electron chi connectivity index (χ4n) is 2.03. The van der Waals surface area contributed by atoms with E-state index in [0.29, 0.717) is 6.04 Å². The third kappa shape index (κ3) is 5.39. The van der Waals surface area contributed by atoms with Crippen molar-refractivity contribution < 1.29 is 9.53 Å². The van der Waals surface area contributed by atoms with Crippen LogP contribution in [-0.2, 0) is 4.74 Å². The molecule has 0 aromatic rings. The third-order valence-electron chi connectivity index (χ3n) is 3.05. The fraction of sp³-hybridized carbons (Fsp3) is 0.923. The SMILES string of the molecule is CCCCNC1CCN(C(=O)OC(C)C)CC1. The predicted molar refractivity (Wildman–Crippen MR) is 69.1 cm³/mol. The van der Waals surface area contributed by atoms with E-state index in [1.807, 2.05) is 18.7 Å². The summed E-state index contributed by atoms with van der Waals surface area (Å²) in [6, 6.07) is 0.574. The number of piperidine rings is 1. The van der Waals surface area contributed by atoms with Crippen molar-refractivity contribution in [3.05, 3.63) is 0 Å². The highest BCUT2D eigenvalue weighted by molar-refractivity contribution is 5.67. The molecule has 1 heterocycles. The van der Waals surface area contributed by atoms with E-state index in [1.165, 1.54) is 12.8 Å². The Morgan fingerprint density at radius 3 is 2.59 bits per heavy atom. The van der Waals surface area contributed by atoms with Crippen molar-refractivity contribution in [3.63, 3.8) is 0 Å². The van der Waals surface area contributed by atoms with Crippen LogP contribution in [0.2, 0.25) is 0 Å². The van der Waals surface area contributed by atoms with Crippen molar-refractivity contribution >= 4 is 6.09 Å². The summed E-state index contributed by atoms with van der Waals surface area (Å²) in [6.45, 7) is 8.70. The molecule has 1 amide bonds. The number of nitrogens with zero attached hydrogens (tertiary/aromatic N) is 1. The number of unbranched alkanes of at least 4 members (excludes halogenated alkanes) is 1. The predicted octanol–water partition coefficient (Wildman–Crippen LogP) is 2.39. The number of carbonyl (C=O) groups excluding carboxylic acids is 1. The van der Waals surface area contributed by atoms with Gasteiger partial charge < -0.3 is 15.0 Å². The van der Waals surface area contributed by atoms with Crippen LogP contribution >= 0.6 is 0 Å². The van der Waals surface area contributed by atoms with E-state index in [9.17, 15) is 4.79 Å². The second-order valence-electron chi connectivity index (χ2n) is 5.00. The van der Waals surface area contributed by atoms with Gasteiger partial charge in [0.1, 0.15) is 0 Å². The van der Waals surface area contributed by atoms with Gasteiger partial charge in [0.05, 0.1) is 6.10 Å². The molecule has 0 spiro atoms. The van der Waals surface area contributed by atoms with Crippen LogP contribution in [0.25, 0.3) is 0 Å². The molecule has 1 aliphatic rings. The van der Waals surface area contributed by atoms with Crippen LogP contribution in [-0.4, -0.2) is 42.8 Å². The number of likely N-dealkylation sites (tertiary alicyclic amines) is 1. The lowest BCUT2D eigenvalue weighted by molar-refractivity contribution is 0.0679. The first-order valence-electron chi connectivity index (χ1n) is 6.82. The minimum Gasteiger partial charge on any atom is -0.447 e. The zero-order valence-electron chi connectivity index (χ0n) is 11.4. The lowest BCUT2D eigenvalue weighted by Crippen LogP contribution is -2.45. The van der Waals surface area contributed by atoms with Gasteiger partial charge in [-0.1, -0.05) is 13.3 Å². The highest BCUT2D eigenvalue weighted by Crippen LogP contribution is 2.12. The van der Waals surface area contributed by atoms with Gasteiger partial charge in [-0.3, -0.25) is 0 Å². The summed E-state index contributed by atoms with van der Waals surface area (Å²) in [7, 11) is 0. The summed E-state index contributed by atoms with van der Waals surface area (Å²) in [4.78, 5) is 13.5. The highest BCUT2D eigenvalue weighted by atomic mass is 16.6. The van der Waals surface area contributed by atoms with Gasteiger partial charge in [-0.2, -0.15) is 0 Å². The molecule has 0 unspecified atom stereocenters. The Labute approximate surface area is 105 Å². The minimum absolute atomic E-state index is 0.0251. The topological polar surface area (TPSA) is 41.6 Å². The molecule has 1 rings (SSSR count). The van der Waals surface area contributed by atoms with Crippen LogP contribution in [0, 0.1) is 0 Å². The first-order chi connectivity index (χ1) is 8.13. The molecule has 0 atom stereocenters. The summed E-state index contributed by atoms with van der Waals surface area (Å²) in [6.07, 6.45) is 4.35. The Hall–Kier alpha value is -0.770. The van der Waals surface area contributed by atoms with Gasteiger partial charge in [-0.25, -0.2) is 4.79 Å². The van der Waals surface area contributed by atoms with Crippen LogP contribution in [0.3, 0.4) is 0 Å². The van der Waals surface area contributed by atoms with Gasteiger partial charge in [0.25, 0.3) is 0 Å². The number of hydrogen-bond donors (Lipinski definition) is 1. The van der Waals surface area contributed by atoms with Crippen molar-refractivity contribution in [1.82, 2.24) is 10.2 Å². The molecule has 0 radical (unpaired) electrons. The molecule has 100 valence electrons. The zero-order chi connectivity index (χ0) is 12.7. The molecule has 0 aliphatic carbocycles. The molecule has 1 saturated heterocycles. The lowest BCUT2D eigenvalue weighted by atomic mass is 10.1. The molecule has 4 nitrogen and oxygen atoms in total. The summed E-state index contributed by atoms with van der Waals surface area (Å²) < 4.78 is 5.19. The number of carbonyl (C=O) groups is 1. The number of nitrogens with one attached hydrogen (secondary N) is 1. The zero-order valence-corrected chi connectivity index (χ0v) is 11.4. The standard InChI is InChI=1S/C13H26N2O2/c1-4-5-8-14-12-6-9-15(10-7-12)13(16)17-11(2)3/h11-12,14H,4-10H2,1-3H3. The summed E-state index contributed by atoms with van der Waals surface area (Å²) in [5.41, 5.74) is 0. The second-order valence-corrected chi connectivity index (χ2v) is 5.00. The van der Waals surface area contributed by atoms with Crippen molar-refractivity contribution in [3.8, 4) is 0 Å². The van der Waals surface area contributed by atoms with E-state index in [-0.39, 0.29) is 12.2 Å². The van der Waals surface area contributed by atoms with Crippen LogP contribution < -0.4 is 5.32 Å². The largest absolute Gasteiger partial charge is 0.447 e. The Kier molecular flexibility index (Phi) is 6.34. The maximum absolute atomic E-state index is 11.7. The smallest absolute Gasteiger partial charge is 0.410 e. The minimum atomic E-state index is -0.160. The molecule has 0 saturated carbocycles. The van der Waals surface area contributed by atoms with Gasteiger partial charge in [-0.05, 0) is 39.7 Å². The molecule has 1 fully saturated rings. The van der Waals surface area contributed by atoms with Gasteiger partial charge in [-0.15, -0.1) is 0 Å². The van der Waals surface area contributed by atoms with E-state index in [4.69, 9.17) is 4.74 Å². The van der Waals surface area contributed by atoms with E-state index >= 15 is 0 Å². The van der Waals surface area contributed by atoms with E-state index in [2.05, 4.69) is 12.2 Å². The van der Waals surface area contributed by atoms with Crippen molar-refractivity contribution in [1.29, 1.82) is 0 Å². The monoisotopic (exact) mass is 242 g/mol. The molecular formula is C13H26N2O2. The number of rotatable bonds is 5. The molecule has 0 aromatic heterocycles. The highest BCUT2D eigenvalue weighted by Gasteiger charge is 2.23. The summed E-state index contributed by atoms with van der Waals surface area (Å²) in [5, 5.41) is 3.54. The average Bonchev–Trinajstić information content (AvgIpc) is 2.29. The number of hydrogen-bond acceptors (Lipinski definition) is 3. The van der Waals surface area contributed by atoms with E-state index < -0.39 is 0 Å². The first-order valence-corrected chi connectivity index (χ1v) is 6.82. The fourth-order valence-corrected chi connectivity index (χ4v) is 2.03. The average molecular weight is 242 g/mol. The Morgan fingerprint density at radius 2 is 2.06 bits per heavy atom. The molecule has 17 heavy (non-hydrogen) atoms. The molecule has 1 N–H and O–H groups in total. The van der Waals surface area contributed by atoms with Gasteiger partial charge >= 0.3 is 6.09 Å². The summed E-state index contributed by atoms with van der Waals surface area (Å²) in [5.74, 6) is 0. The Bertz CT molecular complexity index is 223. The van der Waals surface area contributed by atoms with Crippen LogP contribution in [0.5, 0.6) is 0 Å². The van der Waals surface area contributed by atoms with Crippen LogP contribution in [0.4, 0.5) is 4.79 Å². The molecule has 0 bridgehead atoms. The van der Waals surface area contributed by atoms with Gasteiger partial charge in [0.2, 0.25) is 0 Å². The Morgan fingerprint density at radius 1 is 1.41 bits per heavy atom. The van der Waals surface area contributed by atoms with Crippen molar-refractivity contribution in [2.24, 2.45) is 0 Å². The summed E-state index contributed by atoms with van der Waals surface area (Å²) >= 11 is 0. The van der Waals surface area contributed by atoms with Crippen molar-refractivity contribution in [2.45, 2.75) is 58.6 Å². The first kappa shape index (κ1) is 14.3. The molecular weight excluding hydrogens is 216 g/mol. The normalized spacial score (nSPS) is 17.5. The van der Waals surface area contributed by atoms with Gasteiger partial charge in [0.15, 0.2) is 0 Å². The van der Waals surface area contributed by atoms with E-state index in [1.54, 1.807) is 0 Å².